The maximum atomic E-state index is 13.1. The van der Waals surface area contributed by atoms with Crippen LogP contribution in [0.3, 0.4) is 0 Å². The molecule has 0 radical (unpaired) electrons. The summed E-state index contributed by atoms with van der Waals surface area (Å²) in [4.78, 5) is 4.33. The molecule has 1 aliphatic carbocycles. The number of fused-ring (bicyclic) bond motifs is 2. The highest BCUT2D eigenvalue weighted by atomic mass is 19.4. The van der Waals surface area contributed by atoms with E-state index >= 15 is 0 Å². The summed E-state index contributed by atoms with van der Waals surface area (Å²) >= 11 is 0. The predicted octanol–water partition coefficient (Wildman–Crippen LogP) is 4.30. The zero-order valence-electron chi connectivity index (χ0n) is 13.5. The number of nitrogens with zero attached hydrogens (tertiary/aromatic N) is 3. The maximum absolute atomic E-state index is 13.1. The van der Waals surface area contributed by atoms with Crippen LogP contribution < -0.4 is 4.74 Å². The van der Waals surface area contributed by atoms with E-state index in [2.05, 4.69) is 16.2 Å². The first-order chi connectivity index (χ1) is 12.5. The Labute approximate surface area is 146 Å². The first-order valence-electron chi connectivity index (χ1n) is 8.06. The Balaban J connectivity index is 1.67. The van der Waals surface area contributed by atoms with E-state index in [9.17, 15) is 13.2 Å². The average Bonchev–Trinajstić information content (AvgIpc) is 3.05. The molecule has 1 N–H and O–H groups in total. The summed E-state index contributed by atoms with van der Waals surface area (Å²) in [6.45, 7) is 0. The number of nitriles is 1. The molecule has 1 aromatic carbocycles. The second-order valence-electron chi connectivity index (χ2n) is 6.15. The number of rotatable bonds is 2. The normalized spacial score (nSPS) is 16.9. The van der Waals surface area contributed by atoms with Crippen LogP contribution in [-0.4, -0.2) is 15.2 Å². The molecule has 0 saturated carbocycles. The van der Waals surface area contributed by atoms with Crippen LogP contribution in [0, 0.1) is 11.3 Å². The number of benzene rings is 1. The molecule has 0 bridgehead atoms. The lowest BCUT2D eigenvalue weighted by Gasteiger charge is -2.25. The summed E-state index contributed by atoms with van der Waals surface area (Å²) in [6.07, 6.45) is -1.01. The van der Waals surface area contributed by atoms with E-state index in [0.29, 0.717) is 17.7 Å². The van der Waals surface area contributed by atoms with Crippen LogP contribution in [0.1, 0.15) is 41.5 Å². The van der Waals surface area contributed by atoms with Gasteiger partial charge in [0.15, 0.2) is 0 Å². The Morgan fingerprint density at radius 2 is 2.12 bits per heavy atom. The van der Waals surface area contributed by atoms with Gasteiger partial charge < -0.3 is 4.74 Å². The molecule has 3 aromatic rings. The zero-order valence-corrected chi connectivity index (χ0v) is 13.5. The van der Waals surface area contributed by atoms with Gasteiger partial charge in [0.2, 0.25) is 0 Å². The molecule has 4 rings (SSSR count). The van der Waals surface area contributed by atoms with Crippen LogP contribution in [0.2, 0.25) is 0 Å². The van der Waals surface area contributed by atoms with Gasteiger partial charge in [0.1, 0.15) is 23.6 Å². The highest BCUT2D eigenvalue weighted by molar-refractivity contribution is 5.83. The van der Waals surface area contributed by atoms with Crippen molar-refractivity contribution in [2.75, 3.05) is 0 Å². The molecule has 0 spiro atoms. The van der Waals surface area contributed by atoms with Gasteiger partial charge in [-0.05, 0) is 49.1 Å². The number of aryl methyl sites for hydroxylation is 1. The van der Waals surface area contributed by atoms with Gasteiger partial charge in [-0.1, -0.05) is 0 Å². The van der Waals surface area contributed by atoms with Crippen LogP contribution in [-0.2, 0) is 12.6 Å². The number of H-pyrrole nitrogens is 1. The molecule has 0 fully saturated rings. The third-order valence-corrected chi connectivity index (χ3v) is 4.44. The van der Waals surface area contributed by atoms with Crippen molar-refractivity contribution < 1.29 is 17.9 Å². The van der Waals surface area contributed by atoms with Crippen LogP contribution in [0.4, 0.5) is 13.2 Å². The number of alkyl halides is 3. The smallest absolute Gasteiger partial charge is 0.433 e. The summed E-state index contributed by atoms with van der Waals surface area (Å²) < 4.78 is 45.1. The number of nitrogens with one attached hydrogen (secondary N) is 1. The van der Waals surface area contributed by atoms with Crippen molar-refractivity contribution in [3.8, 4) is 11.8 Å². The van der Waals surface area contributed by atoms with Gasteiger partial charge in [0.05, 0.1) is 16.8 Å². The van der Waals surface area contributed by atoms with E-state index in [4.69, 9.17) is 10.00 Å². The standard InChI is InChI=1S/C18H13F3N4O/c19-18(20,21)17-13-7-12(4-5-14(13)24-25-17)26-15-3-1-2-11-6-10(8-22)9-23-16(11)15/h4-7,9,15H,1-3H2,(H,24,25)/t15-/m1/s1. The van der Waals surface area contributed by atoms with E-state index in [1.165, 1.54) is 18.3 Å². The number of ether oxygens (including phenoxy) is 1. The van der Waals surface area contributed by atoms with Crippen molar-refractivity contribution in [1.82, 2.24) is 15.2 Å². The number of hydrogen-bond acceptors (Lipinski definition) is 4. The fourth-order valence-electron chi connectivity index (χ4n) is 3.24. The number of pyridine rings is 1. The Kier molecular flexibility index (Phi) is 3.80. The molecule has 0 aliphatic heterocycles. The Morgan fingerprint density at radius 3 is 2.88 bits per heavy atom. The number of aromatic nitrogens is 3. The van der Waals surface area contributed by atoms with Gasteiger partial charge in [-0.3, -0.25) is 10.1 Å². The Hall–Kier alpha value is -3.08. The van der Waals surface area contributed by atoms with Crippen molar-refractivity contribution in [2.45, 2.75) is 31.5 Å². The topological polar surface area (TPSA) is 74.6 Å². The predicted molar refractivity (Wildman–Crippen MR) is 86.4 cm³/mol. The third kappa shape index (κ3) is 2.86. The molecule has 5 nitrogen and oxygen atoms in total. The summed E-state index contributed by atoms with van der Waals surface area (Å²) in [5, 5.41) is 14.7. The number of halogens is 3. The second-order valence-corrected chi connectivity index (χ2v) is 6.15. The average molecular weight is 358 g/mol. The van der Waals surface area contributed by atoms with Crippen LogP contribution >= 0.6 is 0 Å². The molecule has 132 valence electrons. The van der Waals surface area contributed by atoms with Crippen molar-refractivity contribution in [1.29, 1.82) is 5.26 Å². The van der Waals surface area contributed by atoms with E-state index in [1.807, 2.05) is 5.10 Å². The SMILES string of the molecule is N#Cc1cnc2c(c1)CCC[C@H]2Oc1ccc2n[nH]c(C(F)(F)F)c2c1. The van der Waals surface area contributed by atoms with Gasteiger partial charge in [0.25, 0.3) is 0 Å². The molecule has 26 heavy (non-hydrogen) atoms. The Morgan fingerprint density at radius 1 is 1.27 bits per heavy atom. The van der Waals surface area contributed by atoms with E-state index in [0.717, 1.165) is 24.1 Å². The van der Waals surface area contributed by atoms with Crippen molar-refractivity contribution in [3.05, 3.63) is 53.0 Å². The minimum atomic E-state index is -4.51. The molecule has 2 aromatic heterocycles. The highest BCUT2D eigenvalue weighted by Gasteiger charge is 2.35. The van der Waals surface area contributed by atoms with E-state index in [1.54, 1.807) is 12.1 Å². The molecule has 0 amide bonds. The van der Waals surface area contributed by atoms with Crippen LogP contribution in [0.5, 0.6) is 5.75 Å². The first kappa shape index (κ1) is 16.4. The summed E-state index contributed by atoms with van der Waals surface area (Å²) in [5.41, 5.74) is 1.50. The molecule has 2 heterocycles. The Bertz CT molecular complexity index is 1020. The van der Waals surface area contributed by atoms with Gasteiger partial charge in [-0.15, -0.1) is 0 Å². The van der Waals surface area contributed by atoms with Crippen LogP contribution in [0.15, 0.2) is 30.5 Å². The van der Waals surface area contributed by atoms with E-state index in [-0.39, 0.29) is 17.0 Å². The molecule has 0 saturated heterocycles. The molecule has 1 aliphatic rings. The maximum Gasteiger partial charge on any atom is 0.433 e. The lowest BCUT2D eigenvalue weighted by molar-refractivity contribution is -0.139. The lowest BCUT2D eigenvalue weighted by Crippen LogP contribution is -2.17. The monoisotopic (exact) mass is 358 g/mol. The van der Waals surface area contributed by atoms with Gasteiger partial charge in [0, 0.05) is 11.6 Å². The second kappa shape index (κ2) is 6.02. The summed E-state index contributed by atoms with van der Waals surface area (Å²) in [5.74, 6) is 0.327. The van der Waals surface area contributed by atoms with Gasteiger partial charge in [-0.2, -0.15) is 23.5 Å². The van der Waals surface area contributed by atoms with Crippen LogP contribution in [0.25, 0.3) is 10.9 Å². The van der Waals surface area contributed by atoms with Gasteiger partial charge >= 0.3 is 6.18 Å². The quantitative estimate of drug-likeness (QED) is 0.741. The minimum absolute atomic E-state index is 0.0289. The van der Waals surface area contributed by atoms with Gasteiger partial charge in [-0.25, -0.2) is 0 Å². The summed E-state index contributed by atoms with van der Waals surface area (Å²) in [6, 6.07) is 8.29. The molecule has 8 heteroatoms. The fraction of sp³-hybridized carbons (Fsp3) is 0.278. The van der Waals surface area contributed by atoms with Crippen molar-refractivity contribution >= 4 is 10.9 Å². The van der Waals surface area contributed by atoms with E-state index < -0.39 is 11.9 Å². The zero-order chi connectivity index (χ0) is 18.3. The molecular weight excluding hydrogens is 345 g/mol. The molecule has 0 unspecified atom stereocenters. The first-order valence-corrected chi connectivity index (χ1v) is 8.06. The third-order valence-electron chi connectivity index (χ3n) is 4.44. The largest absolute Gasteiger partial charge is 0.484 e. The minimum Gasteiger partial charge on any atom is -0.484 e. The lowest BCUT2D eigenvalue weighted by atomic mass is 9.93. The number of hydrogen-bond donors (Lipinski definition) is 1. The highest BCUT2D eigenvalue weighted by Crippen LogP contribution is 2.37. The van der Waals surface area contributed by atoms with Crippen molar-refractivity contribution in [3.63, 3.8) is 0 Å². The molecular formula is C18H13F3N4O. The summed E-state index contributed by atoms with van der Waals surface area (Å²) in [7, 11) is 0. The fourth-order valence-corrected chi connectivity index (χ4v) is 3.24. The van der Waals surface area contributed by atoms with Crippen molar-refractivity contribution in [2.24, 2.45) is 0 Å². The number of aromatic amines is 1. The molecule has 1 atom stereocenters.